The molecule has 35 heavy (non-hydrogen) atoms. The number of carbonyl (C=O) groups is 2. The van der Waals surface area contributed by atoms with E-state index in [0.717, 1.165) is 11.1 Å². The summed E-state index contributed by atoms with van der Waals surface area (Å²) in [6.07, 6.45) is -2.18. The second-order valence-electron chi connectivity index (χ2n) is 8.59. The van der Waals surface area contributed by atoms with E-state index in [0.29, 0.717) is 11.3 Å². The highest BCUT2D eigenvalue weighted by Crippen LogP contribution is 2.50. The Morgan fingerprint density at radius 3 is 2.11 bits per heavy atom. The number of aryl methyl sites for hydroxylation is 1. The zero-order chi connectivity index (χ0) is 25.2. The van der Waals surface area contributed by atoms with Gasteiger partial charge in [-0.1, -0.05) is 89.9 Å². The van der Waals surface area contributed by atoms with Crippen LogP contribution in [-0.2, 0) is 16.9 Å². The van der Waals surface area contributed by atoms with E-state index in [2.05, 4.69) is 0 Å². The lowest BCUT2D eigenvalue weighted by molar-refractivity contribution is -0.137. The quantitative estimate of drug-likeness (QED) is 0.422. The Morgan fingerprint density at radius 1 is 0.971 bits per heavy atom. The minimum atomic E-state index is -1.83. The van der Waals surface area contributed by atoms with Crippen LogP contribution in [-0.4, -0.2) is 44.7 Å². The van der Waals surface area contributed by atoms with Crippen LogP contribution in [0.1, 0.15) is 36.1 Å². The molecular formula is C27H26Cl2N2O4. The number of halogens is 2. The molecular weight excluding hydrogens is 487 g/mol. The SMILES string of the molecule is CC(c1ccccc1)N1CC(=O)N(C(=O)O)[C@]1(c1c(Cl)cccc1Cl)[C@@H](O)CCc1ccccc1. The molecule has 8 heteroatoms. The number of hydrogen-bond donors (Lipinski definition) is 2. The van der Waals surface area contributed by atoms with Crippen molar-refractivity contribution >= 4 is 35.2 Å². The first-order valence-electron chi connectivity index (χ1n) is 11.3. The summed E-state index contributed by atoms with van der Waals surface area (Å²) in [5.74, 6) is -0.657. The Labute approximate surface area is 214 Å². The number of benzene rings is 3. The average molecular weight is 513 g/mol. The Kier molecular flexibility index (Phi) is 7.47. The van der Waals surface area contributed by atoms with Gasteiger partial charge in [0.05, 0.1) is 12.6 Å². The van der Waals surface area contributed by atoms with Gasteiger partial charge >= 0.3 is 6.09 Å². The molecule has 2 N–H and O–H groups in total. The minimum Gasteiger partial charge on any atom is -0.465 e. The normalized spacial score (nSPS) is 20.1. The molecule has 0 aliphatic carbocycles. The molecule has 0 saturated carbocycles. The Morgan fingerprint density at radius 2 is 1.54 bits per heavy atom. The fourth-order valence-corrected chi connectivity index (χ4v) is 5.69. The predicted molar refractivity (Wildman–Crippen MR) is 135 cm³/mol. The van der Waals surface area contributed by atoms with Crippen molar-refractivity contribution in [2.45, 2.75) is 37.6 Å². The van der Waals surface area contributed by atoms with Crippen molar-refractivity contribution in [3.63, 3.8) is 0 Å². The van der Waals surface area contributed by atoms with Gasteiger partial charge in [0, 0.05) is 21.7 Å². The lowest BCUT2D eigenvalue weighted by Gasteiger charge is -2.48. The molecule has 0 spiro atoms. The van der Waals surface area contributed by atoms with E-state index in [1.54, 1.807) is 23.1 Å². The Balaban J connectivity index is 1.92. The third kappa shape index (κ3) is 4.55. The number of imide groups is 1. The maximum Gasteiger partial charge on any atom is 0.416 e. The lowest BCUT2D eigenvalue weighted by Crippen LogP contribution is -2.61. The van der Waals surface area contributed by atoms with E-state index in [1.807, 2.05) is 67.6 Å². The van der Waals surface area contributed by atoms with Crippen LogP contribution < -0.4 is 0 Å². The molecule has 3 aromatic rings. The number of carbonyl (C=O) groups excluding carboxylic acids is 1. The van der Waals surface area contributed by atoms with Crippen molar-refractivity contribution in [1.29, 1.82) is 0 Å². The molecule has 1 saturated heterocycles. The zero-order valence-corrected chi connectivity index (χ0v) is 20.7. The monoisotopic (exact) mass is 512 g/mol. The van der Waals surface area contributed by atoms with Crippen LogP contribution in [0.25, 0.3) is 0 Å². The van der Waals surface area contributed by atoms with Gasteiger partial charge in [0.2, 0.25) is 5.91 Å². The number of carboxylic acid groups (broad SMARTS) is 1. The summed E-state index contributed by atoms with van der Waals surface area (Å²) in [5, 5.41) is 22.4. The largest absolute Gasteiger partial charge is 0.465 e. The van der Waals surface area contributed by atoms with Crippen molar-refractivity contribution in [3.8, 4) is 0 Å². The van der Waals surface area contributed by atoms with Gasteiger partial charge in [-0.05, 0) is 43.0 Å². The number of hydrogen-bond acceptors (Lipinski definition) is 4. The minimum absolute atomic E-state index is 0.167. The third-order valence-corrected chi connectivity index (χ3v) is 7.25. The highest BCUT2D eigenvalue weighted by Gasteiger charge is 2.62. The van der Waals surface area contributed by atoms with Crippen molar-refractivity contribution in [2.24, 2.45) is 0 Å². The molecule has 3 atom stereocenters. The van der Waals surface area contributed by atoms with Gasteiger partial charge in [-0.15, -0.1) is 0 Å². The number of rotatable bonds is 7. The van der Waals surface area contributed by atoms with Gasteiger partial charge in [0.25, 0.3) is 0 Å². The second kappa shape index (κ2) is 10.4. The number of aliphatic hydroxyl groups is 1. The molecule has 1 aliphatic rings. The molecule has 1 aliphatic heterocycles. The topological polar surface area (TPSA) is 81.1 Å². The molecule has 0 radical (unpaired) electrons. The van der Waals surface area contributed by atoms with Gasteiger partial charge in [0.15, 0.2) is 5.66 Å². The fraction of sp³-hybridized carbons (Fsp3) is 0.259. The summed E-state index contributed by atoms with van der Waals surface area (Å²) in [6, 6.07) is 23.3. The van der Waals surface area contributed by atoms with E-state index < -0.39 is 29.8 Å². The van der Waals surface area contributed by atoms with E-state index in [9.17, 15) is 19.8 Å². The Hall–Kier alpha value is -2.90. The highest BCUT2D eigenvalue weighted by molar-refractivity contribution is 6.36. The molecule has 3 aromatic carbocycles. The number of aliphatic hydroxyl groups excluding tert-OH is 1. The average Bonchev–Trinajstić information content (AvgIpc) is 3.16. The van der Waals surface area contributed by atoms with E-state index in [1.165, 1.54) is 0 Å². The second-order valence-corrected chi connectivity index (χ2v) is 9.40. The Bertz CT molecular complexity index is 1190. The van der Waals surface area contributed by atoms with E-state index >= 15 is 0 Å². The number of amides is 2. The summed E-state index contributed by atoms with van der Waals surface area (Å²) in [5.41, 5.74) is 0.193. The summed E-state index contributed by atoms with van der Waals surface area (Å²) >= 11 is 13.3. The van der Waals surface area contributed by atoms with Gasteiger partial charge in [-0.25, -0.2) is 9.69 Å². The van der Waals surface area contributed by atoms with E-state index in [-0.39, 0.29) is 28.6 Å². The maximum absolute atomic E-state index is 13.3. The zero-order valence-electron chi connectivity index (χ0n) is 19.1. The van der Waals surface area contributed by atoms with Crippen LogP contribution in [0.3, 0.4) is 0 Å². The third-order valence-electron chi connectivity index (χ3n) is 6.62. The van der Waals surface area contributed by atoms with Crippen molar-refractivity contribution < 1.29 is 19.8 Å². The maximum atomic E-state index is 13.3. The van der Waals surface area contributed by atoms with Crippen LogP contribution >= 0.6 is 23.2 Å². The van der Waals surface area contributed by atoms with Gasteiger partial charge in [0.1, 0.15) is 0 Å². The smallest absolute Gasteiger partial charge is 0.416 e. The molecule has 1 unspecified atom stereocenters. The van der Waals surface area contributed by atoms with Crippen LogP contribution in [0.2, 0.25) is 10.0 Å². The van der Waals surface area contributed by atoms with Crippen LogP contribution in [0.5, 0.6) is 0 Å². The van der Waals surface area contributed by atoms with Crippen molar-refractivity contribution in [1.82, 2.24) is 9.80 Å². The first kappa shape index (κ1) is 25.2. The lowest BCUT2D eigenvalue weighted by atomic mass is 9.86. The van der Waals surface area contributed by atoms with Crippen molar-refractivity contribution in [2.75, 3.05) is 6.54 Å². The van der Waals surface area contributed by atoms with Gasteiger partial charge in [-0.2, -0.15) is 0 Å². The van der Waals surface area contributed by atoms with Crippen molar-refractivity contribution in [3.05, 3.63) is 106 Å². The standard InChI is InChI=1S/C27H26Cl2N2O4/c1-18(20-11-6-3-7-12-20)30-17-24(33)31(26(34)35)27(30,25-21(28)13-8-14-22(25)29)23(32)16-15-19-9-4-2-5-10-19/h2-14,18,23,32H,15-17H2,1H3,(H,34,35)/t18?,23-,27-/m0/s1. The van der Waals surface area contributed by atoms with E-state index in [4.69, 9.17) is 23.2 Å². The molecule has 4 rings (SSSR count). The first-order valence-corrected chi connectivity index (χ1v) is 12.1. The van der Waals surface area contributed by atoms with Crippen LogP contribution in [0.4, 0.5) is 4.79 Å². The molecule has 6 nitrogen and oxygen atoms in total. The van der Waals surface area contributed by atoms with Crippen LogP contribution in [0.15, 0.2) is 78.9 Å². The molecule has 1 fully saturated rings. The summed E-state index contributed by atoms with van der Waals surface area (Å²) < 4.78 is 0. The molecule has 1 heterocycles. The van der Waals surface area contributed by atoms with Gasteiger partial charge in [-0.3, -0.25) is 9.69 Å². The predicted octanol–water partition coefficient (Wildman–Crippen LogP) is 5.72. The molecule has 182 valence electrons. The highest BCUT2D eigenvalue weighted by atomic mass is 35.5. The summed E-state index contributed by atoms with van der Waals surface area (Å²) in [6.45, 7) is 1.64. The molecule has 2 amide bonds. The molecule has 0 aromatic heterocycles. The molecule has 0 bridgehead atoms. The first-order chi connectivity index (χ1) is 16.8. The fourth-order valence-electron chi connectivity index (χ4n) is 5.01. The van der Waals surface area contributed by atoms with Gasteiger partial charge < -0.3 is 10.2 Å². The summed E-state index contributed by atoms with van der Waals surface area (Å²) in [4.78, 5) is 28.2. The van der Waals surface area contributed by atoms with Crippen LogP contribution in [0, 0.1) is 0 Å². The summed E-state index contributed by atoms with van der Waals surface area (Å²) in [7, 11) is 0. The number of nitrogens with zero attached hydrogens (tertiary/aromatic N) is 2.